The lowest BCUT2D eigenvalue weighted by Crippen LogP contribution is -2.18. The lowest BCUT2D eigenvalue weighted by Gasteiger charge is -2.26. The molecule has 6 nitrogen and oxygen atoms in total. The molecule has 0 aliphatic heterocycles. The molecule has 0 fully saturated rings. The smallest absolute Gasteiger partial charge is 0.232 e. The van der Waals surface area contributed by atoms with Gasteiger partial charge in [0.15, 0.2) is 0 Å². The maximum Gasteiger partial charge on any atom is 0.232 e. The molecule has 0 aliphatic carbocycles. The predicted octanol–water partition coefficient (Wildman–Crippen LogP) is 5.51. The number of nitrogens with zero attached hydrogens (tertiary/aromatic N) is 3. The molecule has 0 spiro atoms. The molecule has 1 N–H and O–H groups in total. The van der Waals surface area contributed by atoms with Crippen LogP contribution in [0.5, 0.6) is 5.88 Å². The molecule has 0 aliphatic rings. The monoisotopic (exact) mass is 435 g/mol. The van der Waals surface area contributed by atoms with Crippen molar-refractivity contribution in [2.24, 2.45) is 5.41 Å². The maximum atomic E-state index is 11.5. The molecule has 0 bridgehead atoms. The molecule has 1 atom stereocenters. The van der Waals surface area contributed by atoms with Gasteiger partial charge in [-0.3, -0.25) is 4.79 Å². The van der Waals surface area contributed by atoms with E-state index in [1.165, 1.54) is 11.3 Å². The van der Waals surface area contributed by atoms with E-state index in [0.717, 1.165) is 38.2 Å². The highest BCUT2D eigenvalue weighted by molar-refractivity contribution is 7.21. The molecule has 0 saturated carbocycles. The quantitative estimate of drug-likeness (QED) is 0.416. The number of aliphatic hydroxyl groups is 1. The Morgan fingerprint density at radius 2 is 1.94 bits per heavy atom. The first-order valence-electron chi connectivity index (χ1n) is 10.2. The summed E-state index contributed by atoms with van der Waals surface area (Å²) in [5.41, 5.74) is 4.89. The molecule has 0 amide bonds. The Bertz CT molecular complexity index is 1290. The standard InChI is InChI=1S/C24H25N3O3S/c1-6-30-19-11-25-20-16(7-13(2)8-17(20)26-19)23-27-21-15(22(29)24(3,4)5)9-14(12-28)10-18(21)31-23/h7-12,22,29H,6H2,1-5H3. The number of benzene rings is 2. The molecule has 0 radical (unpaired) electrons. The molecule has 0 saturated heterocycles. The maximum absolute atomic E-state index is 11.5. The van der Waals surface area contributed by atoms with E-state index in [1.807, 2.05) is 52.8 Å². The Labute approximate surface area is 185 Å². The van der Waals surface area contributed by atoms with Crippen molar-refractivity contribution in [3.63, 3.8) is 0 Å². The van der Waals surface area contributed by atoms with Crippen LogP contribution in [0.2, 0.25) is 0 Å². The lowest BCUT2D eigenvalue weighted by molar-refractivity contribution is 0.0637. The molecule has 2 aromatic carbocycles. The van der Waals surface area contributed by atoms with Gasteiger partial charge in [0.1, 0.15) is 11.3 Å². The molecule has 160 valence electrons. The largest absolute Gasteiger partial charge is 0.477 e. The Kier molecular flexibility index (Phi) is 5.49. The third kappa shape index (κ3) is 4.03. The van der Waals surface area contributed by atoms with E-state index in [4.69, 9.17) is 9.72 Å². The first-order valence-corrected chi connectivity index (χ1v) is 11.0. The highest BCUT2D eigenvalue weighted by atomic mass is 32.1. The fraction of sp³-hybridized carbons (Fsp3) is 0.333. The fourth-order valence-corrected chi connectivity index (χ4v) is 4.63. The van der Waals surface area contributed by atoms with Gasteiger partial charge in [0.25, 0.3) is 0 Å². The van der Waals surface area contributed by atoms with E-state index in [2.05, 4.69) is 9.97 Å². The summed E-state index contributed by atoms with van der Waals surface area (Å²) in [4.78, 5) is 25.6. The van der Waals surface area contributed by atoms with Crippen LogP contribution in [0.4, 0.5) is 0 Å². The molecule has 4 aromatic rings. The number of ether oxygens (including phenoxy) is 1. The van der Waals surface area contributed by atoms with E-state index in [-0.39, 0.29) is 0 Å². The SMILES string of the molecule is CCOc1cnc2c(-c3nc4c(C(O)C(C)(C)C)cc(C=O)cc4s3)cc(C)cc2n1. The molecule has 1 unspecified atom stereocenters. The number of carbonyl (C=O) groups is 1. The predicted molar refractivity (Wildman–Crippen MR) is 124 cm³/mol. The number of carbonyl (C=O) groups excluding carboxylic acids is 1. The van der Waals surface area contributed by atoms with Crippen molar-refractivity contribution in [1.82, 2.24) is 15.0 Å². The molecule has 2 heterocycles. The van der Waals surface area contributed by atoms with E-state index in [0.29, 0.717) is 29.1 Å². The second-order valence-electron chi connectivity index (χ2n) is 8.68. The summed E-state index contributed by atoms with van der Waals surface area (Å²) in [5.74, 6) is 0.488. The molecule has 31 heavy (non-hydrogen) atoms. The molecule has 2 aromatic heterocycles. The van der Waals surface area contributed by atoms with Gasteiger partial charge in [0, 0.05) is 16.7 Å². The van der Waals surface area contributed by atoms with Gasteiger partial charge >= 0.3 is 0 Å². The number of aromatic nitrogens is 3. The molecule has 4 rings (SSSR count). The number of aryl methyl sites for hydroxylation is 1. The van der Waals surface area contributed by atoms with Crippen molar-refractivity contribution < 1.29 is 14.6 Å². The molecular weight excluding hydrogens is 410 g/mol. The molecule has 7 heteroatoms. The average molecular weight is 436 g/mol. The number of hydrogen-bond donors (Lipinski definition) is 1. The summed E-state index contributed by atoms with van der Waals surface area (Å²) < 4.78 is 6.35. The van der Waals surface area contributed by atoms with Crippen molar-refractivity contribution in [2.45, 2.75) is 40.7 Å². The topological polar surface area (TPSA) is 85.2 Å². The number of hydrogen-bond acceptors (Lipinski definition) is 7. The first-order chi connectivity index (χ1) is 14.7. The van der Waals surface area contributed by atoms with Crippen LogP contribution < -0.4 is 4.74 Å². The summed E-state index contributed by atoms with van der Waals surface area (Å²) >= 11 is 1.48. The van der Waals surface area contributed by atoms with E-state index >= 15 is 0 Å². The van der Waals surface area contributed by atoms with E-state index in [9.17, 15) is 9.90 Å². The van der Waals surface area contributed by atoms with Crippen LogP contribution in [0, 0.1) is 12.3 Å². The van der Waals surface area contributed by atoms with Gasteiger partial charge in [-0.05, 0) is 49.1 Å². The Hall–Kier alpha value is -2.90. The number of aldehydes is 1. The van der Waals surface area contributed by atoms with Crippen LogP contribution in [0.15, 0.2) is 30.5 Å². The molecular formula is C24H25N3O3S. The van der Waals surface area contributed by atoms with Crippen LogP contribution in [-0.4, -0.2) is 33.0 Å². The zero-order chi connectivity index (χ0) is 22.3. The number of aliphatic hydroxyl groups excluding tert-OH is 1. The second-order valence-corrected chi connectivity index (χ2v) is 9.71. The summed E-state index contributed by atoms with van der Waals surface area (Å²) in [6, 6.07) is 7.56. The number of rotatable bonds is 5. The van der Waals surface area contributed by atoms with Crippen LogP contribution >= 0.6 is 11.3 Å². The minimum absolute atomic E-state index is 0.393. The normalized spacial score (nSPS) is 13.0. The van der Waals surface area contributed by atoms with Gasteiger partial charge in [0.05, 0.1) is 40.2 Å². The first kappa shape index (κ1) is 21.3. The Morgan fingerprint density at radius 3 is 2.61 bits per heavy atom. The highest BCUT2D eigenvalue weighted by Crippen LogP contribution is 2.41. The second kappa shape index (κ2) is 7.98. The Balaban J connectivity index is 1.95. The van der Waals surface area contributed by atoms with E-state index in [1.54, 1.807) is 12.3 Å². The van der Waals surface area contributed by atoms with Crippen molar-refractivity contribution in [3.8, 4) is 16.5 Å². The van der Waals surface area contributed by atoms with Gasteiger partial charge in [-0.25, -0.2) is 15.0 Å². The zero-order valence-electron chi connectivity index (χ0n) is 18.3. The van der Waals surface area contributed by atoms with Crippen molar-refractivity contribution >= 4 is 38.9 Å². The summed E-state index contributed by atoms with van der Waals surface area (Å²) in [6.45, 7) is 10.3. The van der Waals surface area contributed by atoms with Crippen molar-refractivity contribution in [1.29, 1.82) is 0 Å². The van der Waals surface area contributed by atoms with Crippen molar-refractivity contribution in [3.05, 3.63) is 47.2 Å². The van der Waals surface area contributed by atoms with Crippen LogP contribution in [0.1, 0.15) is 55.3 Å². The minimum Gasteiger partial charge on any atom is -0.477 e. The van der Waals surface area contributed by atoms with Gasteiger partial charge in [-0.1, -0.05) is 20.8 Å². The van der Waals surface area contributed by atoms with Crippen LogP contribution in [-0.2, 0) is 0 Å². The lowest BCUT2D eigenvalue weighted by atomic mass is 9.84. The van der Waals surface area contributed by atoms with E-state index < -0.39 is 11.5 Å². The van der Waals surface area contributed by atoms with Gasteiger partial charge < -0.3 is 9.84 Å². The summed E-state index contributed by atoms with van der Waals surface area (Å²) in [6.07, 6.45) is 1.67. The summed E-state index contributed by atoms with van der Waals surface area (Å²) in [7, 11) is 0. The third-order valence-electron chi connectivity index (χ3n) is 5.09. The van der Waals surface area contributed by atoms with Gasteiger partial charge in [0.2, 0.25) is 5.88 Å². The fourth-order valence-electron chi connectivity index (χ4n) is 3.56. The highest BCUT2D eigenvalue weighted by Gasteiger charge is 2.27. The van der Waals surface area contributed by atoms with Crippen LogP contribution in [0.3, 0.4) is 0 Å². The minimum atomic E-state index is -0.757. The zero-order valence-corrected chi connectivity index (χ0v) is 19.1. The average Bonchev–Trinajstić information content (AvgIpc) is 3.15. The number of thiazole rings is 1. The Morgan fingerprint density at radius 1 is 1.16 bits per heavy atom. The third-order valence-corrected chi connectivity index (χ3v) is 6.12. The summed E-state index contributed by atoms with van der Waals surface area (Å²) in [5, 5.41) is 11.7. The van der Waals surface area contributed by atoms with Gasteiger partial charge in [-0.2, -0.15) is 0 Å². The van der Waals surface area contributed by atoms with Crippen LogP contribution in [0.25, 0.3) is 31.8 Å². The van der Waals surface area contributed by atoms with Crippen molar-refractivity contribution in [2.75, 3.05) is 6.61 Å². The number of fused-ring (bicyclic) bond motifs is 2. The van der Waals surface area contributed by atoms with Gasteiger partial charge in [-0.15, -0.1) is 11.3 Å².